The zero-order chi connectivity index (χ0) is 15.5. The minimum Gasteiger partial charge on any atom is -0.377 e. The van der Waals surface area contributed by atoms with Gasteiger partial charge in [0.05, 0.1) is 0 Å². The normalized spacial score (nSPS) is 50.4. The lowest BCUT2D eigenvalue weighted by molar-refractivity contribution is -0.130. The van der Waals surface area contributed by atoms with Crippen LogP contribution >= 0.6 is 0 Å². The smallest absolute Gasteiger partial charge is 0.140 e. The topological polar surface area (TPSA) is 37.3 Å². The fraction of sp³-hybridized carbons (Fsp3) is 0.750. The van der Waals surface area contributed by atoms with Gasteiger partial charge in [-0.05, 0) is 62.7 Å². The van der Waals surface area contributed by atoms with E-state index in [0.29, 0.717) is 23.5 Å². The van der Waals surface area contributed by atoms with Gasteiger partial charge >= 0.3 is 0 Å². The van der Waals surface area contributed by atoms with Crippen LogP contribution in [0.1, 0.15) is 58.3 Å². The third kappa shape index (κ3) is 1.69. The van der Waals surface area contributed by atoms with Crippen molar-refractivity contribution in [1.29, 1.82) is 0 Å². The number of hydrogen-bond acceptors (Lipinski definition) is 2. The summed E-state index contributed by atoms with van der Waals surface area (Å²) >= 11 is 0. The Kier molecular flexibility index (Phi) is 3.11. The van der Waals surface area contributed by atoms with Gasteiger partial charge in [0.15, 0.2) is 0 Å². The van der Waals surface area contributed by atoms with Crippen LogP contribution in [0.4, 0.5) is 0 Å². The van der Waals surface area contributed by atoms with Crippen molar-refractivity contribution in [2.45, 2.75) is 63.9 Å². The van der Waals surface area contributed by atoms with Crippen molar-refractivity contribution in [3.63, 3.8) is 0 Å². The molecule has 0 heterocycles. The first kappa shape index (κ1) is 14.5. The number of terminal acetylenes is 1. The van der Waals surface area contributed by atoms with E-state index in [-0.39, 0.29) is 11.3 Å². The first-order valence-corrected chi connectivity index (χ1v) is 8.92. The number of rotatable bonds is 0. The molecule has 4 aliphatic carbocycles. The van der Waals surface area contributed by atoms with Gasteiger partial charge in [-0.3, -0.25) is 4.79 Å². The molecule has 0 aliphatic heterocycles. The standard InChI is InChI=1S/C20H26O2/c1-3-20(22)12-10-16-14-8-7-13-5-4-6-17(21)18(13)15(14)9-11-19(16,20)2/h1,5,14-16,18,22H,4,6-12H2,2H3/t14-,15+,16+,18+,19+,20+/m1/s1. The first-order chi connectivity index (χ1) is 10.5. The van der Waals surface area contributed by atoms with Crippen molar-refractivity contribution in [2.75, 3.05) is 0 Å². The van der Waals surface area contributed by atoms with Gasteiger partial charge in [-0.1, -0.05) is 24.5 Å². The highest BCUT2D eigenvalue weighted by molar-refractivity contribution is 5.85. The van der Waals surface area contributed by atoms with Gasteiger partial charge in [0, 0.05) is 17.8 Å². The molecule has 6 atom stereocenters. The minimum atomic E-state index is -0.935. The molecule has 0 spiro atoms. The fourth-order valence-electron chi connectivity index (χ4n) is 6.39. The molecule has 0 aromatic rings. The maximum atomic E-state index is 12.5. The highest BCUT2D eigenvalue weighted by atomic mass is 16.3. The van der Waals surface area contributed by atoms with Gasteiger partial charge in [-0.2, -0.15) is 0 Å². The van der Waals surface area contributed by atoms with Crippen LogP contribution in [0.25, 0.3) is 0 Å². The lowest BCUT2D eigenvalue weighted by atomic mass is 9.50. The van der Waals surface area contributed by atoms with E-state index in [2.05, 4.69) is 18.9 Å². The molecule has 118 valence electrons. The van der Waals surface area contributed by atoms with Crippen LogP contribution in [-0.2, 0) is 4.79 Å². The zero-order valence-corrected chi connectivity index (χ0v) is 13.5. The second kappa shape index (κ2) is 4.71. The molecule has 1 N–H and O–H groups in total. The SMILES string of the molecule is C#C[C@]1(O)CC[C@H]2[C@@H]3CCC4=CCCC(=O)[C@@H]4[C@H]3CC[C@@]21C. The Bertz CT molecular complexity index is 583. The lowest BCUT2D eigenvalue weighted by Gasteiger charge is -2.54. The van der Waals surface area contributed by atoms with Gasteiger partial charge in [-0.15, -0.1) is 6.42 Å². The third-order valence-electron chi connectivity index (χ3n) is 7.62. The quantitative estimate of drug-likeness (QED) is 0.549. The predicted octanol–water partition coefficient (Wildman–Crippen LogP) is 3.49. The van der Waals surface area contributed by atoms with E-state index < -0.39 is 5.60 Å². The number of ketones is 1. The Labute approximate surface area is 133 Å². The molecule has 3 fully saturated rings. The molecule has 3 saturated carbocycles. The Morgan fingerprint density at radius 3 is 2.82 bits per heavy atom. The number of carbonyl (C=O) groups excluding carboxylic acids is 1. The number of Topliss-reactive ketones (excluding diaryl/α,β-unsaturated/α-hetero) is 1. The number of allylic oxidation sites excluding steroid dienone is 2. The van der Waals surface area contributed by atoms with E-state index in [1.165, 1.54) is 12.0 Å². The minimum absolute atomic E-state index is 0.151. The summed E-state index contributed by atoms with van der Waals surface area (Å²) in [6, 6.07) is 0. The molecule has 0 amide bonds. The highest BCUT2D eigenvalue weighted by Gasteiger charge is 2.62. The summed E-state index contributed by atoms with van der Waals surface area (Å²) in [6.45, 7) is 2.20. The summed E-state index contributed by atoms with van der Waals surface area (Å²) in [5.41, 5.74) is 0.336. The Balaban J connectivity index is 1.68. The van der Waals surface area contributed by atoms with E-state index in [4.69, 9.17) is 6.42 Å². The average Bonchev–Trinajstić information content (AvgIpc) is 2.80. The van der Waals surface area contributed by atoms with Gasteiger partial charge in [0.25, 0.3) is 0 Å². The number of fused-ring (bicyclic) bond motifs is 5. The van der Waals surface area contributed by atoms with Crippen LogP contribution in [-0.4, -0.2) is 16.5 Å². The molecule has 4 rings (SSSR count). The number of aliphatic hydroxyl groups is 1. The Morgan fingerprint density at radius 2 is 2.05 bits per heavy atom. The molecule has 0 aromatic heterocycles. The van der Waals surface area contributed by atoms with Crippen LogP contribution in [0.3, 0.4) is 0 Å². The van der Waals surface area contributed by atoms with E-state index in [0.717, 1.165) is 44.9 Å². The molecule has 0 unspecified atom stereocenters. The van der Waals surface area contributed by atoms with E-state index in [9.17, 15) is 9.90 Å². The molecule has 0 radical (unpaired) electrons. The molecule has 2 nitrogen and oxygen atoms in total. The monoisotopic (exact) mass is 298 g/mol. The molecule has 22 heavy (non-hydrogen) atoms. The highest BCUT2D eigenvalue weighted by Crippen LogP contribution is 2.64. The summed E-state index contributed by atoms with van der Waals surface area (Å²) in [6.07, 6.45) is 15.7. The van der Waals surface area contributed by atoms with E-state index in [1.807, 2.05) is 0 Å². The third-order valence-corrected chi connectivity index (χ3v) is 7.62. The summed E-state index contributed by atoms with van der Waals surface area (Å²) < 4.78 is 0. The molecule has 0 bridgehead atoms. The van der Waals surface area contributed by atoms with Crippen molar-refractivity contribution in [3.8, 4) is 12.3 Å². The Morgan fingerprint density at radius 1 is 1.23 bits per heavy atom. The second-order valence-corrected chi connectivity index (χ2v) is 8.23. The summed E-state index contributed by atoms with van der Waals surface area (Å²) in [5, 5.41) is 10.9. The summed E-state index contributed by atoms with van der Waals surface area (Å²) in [7, 11) is 0. The van der Waals surface area contributed by atoms with Gasteiger partial charge in [-0.25, -0.2) is 0 Å². The lowest BCUT2D eigenvalue weighted by Crippen LogP contribution is -2.52. The molecule has 4 aliphatic rings. The second-order valence-electron chi connectivity index (χ2n) is 8.23. The van der Waals surface area contributed by atoms with Crippen molar-refractivity contribution in [2.24, 2.45) is 29.1 Å². The molecular formula is C20H26O2. The van der Waals surface area contributed by atoms with Crippen LogP contribution in [0.5, 0.6) is 0 Å². The van der Waals surface area contributed by atoms with Gasteiger partial charge < -0.3 is 5.11 Å². The average molecular weight is 298 g/mol. The van der Waals surface area contributed by atoms with Crippen molar-refractivity contribution < 1.29 is 9.90 Å². The van der Waals surface area contributed by atoms with Gasteiger partial charge in [0.2, 0.25) is 0 Å². The fourth-order valence-corrected chi connectivity index (χ4v) is 6.39. The summed E-state index contributed by atoms with van der Waals surface area (Å²) in [4.78, 5) is 12.5. The van der Waals surface area contributed by atoms with Gasteiger partial charge in [0.1, 0.15) is 11.4 Å². The van der Waals surface area contributed by atoms with Crippen molar-refractivity contribution in [3.05, 3.63) is 11.6 Å². The van der Waals surface area contributed by atoms with Crippen LogP contribution in [0.15, 0.2) is 11.6 Å². The Hall–Kier alpha value is -1.07. The van der Waals surface area contributed by atoms with Crippen LogP contribution < -0.4 is 0 Å². The van der Waals surface area contributed by atoms with Crippen LogP contribution in [0.2, 0.25) is 0 Å². The molecule has 2 heteroatoms. The zero-order valence-electron chi connectivity index (χ0n) is 13.5. The first-order valence-electron chi connectivity index (χ1n) is 8.92. The number of hydrogen-bond donors (Lipinski definition) is 1. The van der Waals surface area contributed by atoms with E-state index in [1.54, 1.807) is 0 Å². The molecular weight excluding hydrogens is 272 g/mol. The predicted molar refractivity (Wildman–Crippen MR) is 85.9 cm³/mol. The summed E-state index contributed by atoms with van der Waals surface area (Å²) in [5.74, 6) is 4.95. The van der Waals surface area contributed by atoms with E-state index >= 15 is 0 Å². The molecule has 0 aromatic carbocycles. The number of carbonyl (C=O) groups is 1. The van der Waals surface area contributed by atoms with Crippen LogP contribution in [0, 0.1) is 41.4 Å². The largest absolute Gasteiger partial charge is 0.377 e. The van der Waals surface area contributed by atoms with Crippen molar-refractivity contribution >= 4 is 5.78 Å². The maximum Gasteiger partial charge on any atom is 0.140 e. The maximum absolute atomic E-state index is 12.5. The van der Waals surface area contributed by atoms with Crippen molar-refractivity contribution in [1.82, 2.24) is 0 Å². The molecule has 0 saturated heterocycles.